The lowest BCUT2D eigenvalue weighted by molar-refractivity contribution is -0.496. The van der Waals surface area contributed by atoms with E-state index in [1.54, 1.807) is 25.4 Å². The summed E-state index contributed by atoms with van der Waals surface area (Å²) in [6.07, 6.45) is 3.33. The molecule has 1 aliphatic heterocycles. The van der Waals surface area contributed by atoms with E-state index in [1.165, 1.54) is 11.8 Å². The van der Waals surface area contributed by atoms with Gasteiger partial charge in [-0.1, -0.05) is 0 Å². The Balaban J connectivity index is 2.21. The average Bonchev–Trinajstić information content (AvgIpc) is 2.62. The maximum atomic E-state index is 10.7. The van der Waals surface area contributed by atoms with E-state index in [1.807, 2.05) is 6.07 Å². The van der Waals surface area contributed by atoms with Crippen LogP contribution in [0.1, 0.15) is 12.5 Å². The first-order chi connectivity index (χ1) is 7.18. The van der Waals surface area contributed by atoms with Crippen molar-refractivity contribution >= 4 is 16.8 Å². The first kappa shape index (κ1) is 10.1. The lowest BCUT2D eigenvalue weighted by Gasteiger charge is -2.02. The summed E-state index contributed by atoms with van der Waals surface area (Å²) in [7, 11) is 0. The largest absolute Gasteiger partial charge is 0.285 e. The third kappa shape index (κ3) is 1.99. The van der Waals surface area contributed by atoms with E-state index >= 15 is 0 Å². The summed E-state index contributed by atoms with van der Waals surface area (Å²) in [5, 5.41) is 10.7. The second kappa shape index (κ2) is 3.98. The highest BCUT2D eigenvalue weighted by atomic mass is 32.2. The molecule has 6 heteroatoms. The molecule has 0 N–H and O–H groups in total. The molecule has 0 aliphatic carbocycles. The van der Waals surface area contributed by atoms with E-state index in [-0.39, 0.29) is 11.0 Å². The van der Waals surface area contributed by atoms with Crippen molar-refractivity contribution in [1.29, 1.82) is 0 Å². The molecule has 15 heavy (non-hydrogen) atoms. The molecule has 0 amide bonds. The Morgan fingerprint density at radius 3 is 2.93 bits per heavy atom. The minimum absolute atomic E-state index is 0.278. The van der Waals surface area contributed by atoms with E-state index in [2.05, 4.69) is 9.98 Å². The molecule has 0 aromatic carbocycles. The number of rotatable bonds is 2. The summed E-state index contributed by atoms with van der Waals surface area (Å²) in [5.74, 6) is 0. The molecular weight excluding hydrogens is 214 g/mol. The van der Waals surface area contributed by atoms with Gasteiger partial charge in [0.25, 0.3) is 5.37 Å². The molecule has 2 unspecified atom stereocenters. The van der Waals surface area contributed by atoms with Crippen molar-refractivity contribution in [1.82, 2.24) is 4.98 Å². The van der Waals surface area contributed by atoms with E-state index in [0.29, 0.717) is 5.04 Å². The lowest BCUT2D eigenvalue weighted by atomic mass is 10.3. The highest BCUT2D eigenvalue weighted by Gasteiger charge is 2.36. The molecule has 0 bridgehead atoms. The highest BCUT2D eigenvalue weighted by Crippen LogP contribution is 2.30. The summed E-state index contributed by atoms with van der Waals surface area (Å²) in [4.78, 5) is 18.6. The molecule has 1 aromatic heterocycles. The summed E-state index contributed by atoms with van der Waals surface area (Å²) in [5.41, 5.74) is 0.846. The standard InChI is InChI=1S/C9H9N3O2S/c1-6-9(12(13)14)15-8(11-6)7-3-2-4-10-5-7/h2-6,9H,1H3. The van der Waals surface area contributed by atoms with Crippen LogP contribution in [-0.4, -0.2) is 26.4 Å². The molecule has 1 aromatic rings. The minimum atomic E-state index is -0.666. The number of pyridine rings is 1. The van der Waals surface area contributed by atoms with Crippen molar-refractivity contribution in [2.24, 2.45) is 4.99 Å². The molecule has 2 atom stereocenters. The van der Waals surface area contributed by atoms with Gasteiger partial charge in [-0.25, -0.2) is 0 Å². The SMILES string of the molecule is CC1N=C(c2cccnc2)SC1[N+](=O)[O-]. The normalized spacial score (nSPS) is 25.0. The van der Waals surface area contributed by atoms with Crippen molar-refractivity contribution in [2.75, 3.05) is 0 Å². The number of nitrogens with zero attached hydrogens (tertiary/aromatic N) is 3. The molecule has 78 valence electrons. The van der Waals surface area contributed by atoms with Crippen LogP contribution in [0.25, 0.3) is 0 Å². The molecular formula is C9H9N3O2S. The van der Waals surface area contributed by atoms with Gasteiger partial charge in [0.2, 0.25) is 0 Å². The van der Waals surface area contributed by atoms with Crippen LogP contribution in [0, 0.1) is 10.1 Å². The van der Waals surface area contributed by atoms with E-state index in [9.17, 15) is 10.1 Å². The Morgan fingerprint density at radius 2 is 2.40 bits per heavy atom. The van der Waals surface area contributed by atoms with E-state index in [4.69, 9.17) is 0 Å². The molecule has 0 spiro atoms. The van der Waals surface area contributed by atoms with Crippen LogP contribution in [-0.2, 0) is 0 Å². The smallest absolute Gasteiger partial charge is 0.266 e. The number of hydrogen-bond acceptors (Lipinski definition) is 5. The lowest BCUT2D eigenvalue weighted by Crippen LogP contribution is -2.23. The van der Waals surface area contributed by atoms with Gasteiger partial charge in [0.15, 0.2) is 0 Å². The number of hydrogen-bond donors (Lipinski definition) is 0. The van der Waals surface area contributed by atoms with Gasteiger partial charge in [-0.3, -0.25) is 20.1 Å². The molecule has 0 radical (unpaired) electrons. The van der Waals surface area contributed by atoms with Gasteiger partial charge < -0.3 is 0 Å². The van der Waals surface area contributed by atoms with E-state index in [0.717, 1.165) is 5.56 Å². The zero-order valence-corrected chi connectivity index (χ0v) is 8.85. The fraction of sp³-hybridized carbons (Fsp3) is 0.333. The number of aromatic nitrogens is 1. The zero-order chi connectivity index (χ0) is 10.8. The number of thioether (sulfide) groups is 1. The van der Waals surface area contributed by atoms with Crippen LogP contribution in [0.5, 0.6) is 0 Å². The van der Waals surface area contributed by atoms with Crippen LogP contribution in [0.3, 0.4) is 0 Å². The van der Waals surface area contributed by atoms with Crippen molar-refractivity contribution in [3.05, 3.63) is 40.2 Å². The van der Waals surface area contributed by atoms with Gasteiger partial charge in [-0.15, -0.1) is 0 Å². The summed E-state index contributed by atoms with van der Waals surface area (Å²) in [6.45, 7) is 1.75. The molecule has 2 heterocycles. The van der Waals surface area contributed by atoms with Crippen molar-refractivity contribution in [3.63, 3.8) is 0 Å². The fourth-order valence-corrected chi connectivity index (χ4v) is 2.40. The second-order valence-corrected chi connectivity index (χ2v) is 4.32. The second-order valence-electron chi connectivity index (χ2n) is 3.21. The quantitative estimate of drug-likeness (QED) is 0.563. The minimum Gasteiger partial charge on any atom is -0.266 e. The first-order valence-corrected chi connectivity index (χ1v) is 5.35. The van der Waals surface area contributed by atoms with Crippen LogP contribution in [0.15, 0.2) is 29.5 Å². The molecule has 2 rings (SSSR count). The Kier molecular flexibility index (Phi) is 2.68. The van der Waals surface area contributed by atoms with Crippen molar-refractivity contribution in [3.8, 4) is 0 Å². The Labute approximate surface area is 90.8 Å². The van der Waals surface area contributed by atoms with Gasteiger partial charge >= 0.3 is 0 Å². The van der Waals surface area contributed by atoms with Gasteiger partial charge in [-0.2, -0.15) is 0 Å². The highest BCUT2D eigenvalue weighted by molar-refractivity contribution is 8.15. The molecule has 0 saturated carbocycles. The topological polar surface area (TPSA) is 68.4 Å². The van der Waals surface area contributed by atoms with Crippen molar-refractivity contribution in [2.45, 2.75) is 18.3 Å². The number of aliphatic imine (C=N–C) groups is 1. The predicted octanol–water partition coefficient (Wildman–Crippen LogP) is 1.57. The Morgan fingerprint density at radius 1 is 1.60 bits per heavy atom. The first-order valence-electron chi connectivity index (χ1n) is 4.47. The van der Waals surface area contributed by atoms with Crippen LogP contribution in [0.4, 0.5) is 0 Å². The van der Waals surface area contributed by atoms with Crippen LogP contribution >= 0.6 is 11.8 Å². The molecule has 0 saturated heterocycles. The van der Waals surface area contributed by atoms with Crippen LogP contribution in [0.2, 0.25) is 0 Å². The summed E-state index contributed by atoms with van der Waals surface area (Å²) in [6, 6.07) is 3.37. The maximum Gasteiger partial charge on any atom is 0.285 e. The molecule has 1 aliphatic rings. The maximum absolute atomic E-state index is 10.7. The third-order valence-corrected chi connectivity index (χ3v) is 3.45. The van der Waals surface area contributed by atoms with Gasteiger partial charge in [0, 0.05) is 22.9 Å². The summed E-state index contributed by atoms with van der Waals surface area (Å²) >= 11 is 1.19. The van der Waals surface area contributed by atoms with Gasteiger partial charge in [-0.05, 0) is 30.8 Å². The van der Waals surface area contributed by atoms with Crippen molar-refractivity contribution < 1.29 is 4.92 Å². The van der Waals surface area contributed by atoms with E-state index < -0.39 is 5.37 Å². The Hall–Kier alpha value is -1.43. The summed E-state index contributed by atoms with van der Waals surface area (Å²) < 4.78 is 0. The van der Waals surface area contributed by atoms with Crippen LogP contribution < -0.4 is 0 Å². The molecule has 0 fully saturated rings. The monoisotopic (exact) mass is 223 g/mol. The Bertz CT molecular complexity index is 407. The number of nitro groups is 1. The predicted molar refractivity (Wildman–Crippen MR) is 58.6 cm³/mol. The zero-order valence-electron chi connectivity index (χ0n) is 8.03. The van der Waals surface area contributed by atoms with Gasteiger partial charge in [0.05, 0.1) is 0 Å². The van der Waals surface area contributed by atoms with Gasteiger partial charge in [0.1, 0.15) is 11.1 Å². The fourth-order valence-electron chi connectivity index (χ4n) is 1.34. The average molecular weight is 223 g/mol. The molecule has 5 nitrogen and oxygen atoms in total. The third-order valence-electron chi connectivity index (χ3n) is 2.08.